The van der Waals surface area contributed by atoms with Gasteiger partial charge in [0.15, 0.2) is 0 Å². The van der Waals surface area contributed by atoms with Crippen molar-refractivity contribution in [3.8, 4) is 5.75 Å². The Balaban J connectivity index is 2.21. The molecule has 0 saturated carbocycles. The fourth-order valence-corrected chi connectivity index (χ4v) is 1.52. The summed E-state index contributed by atoms with van der Waals surface area (Å²) in [7, 11) is 0. The SMILES string of the molecule is Cc1cc(C)cc(OCCOCCCN)c1. The van der Waals surface area contributed by atoms with Crippen LogP contribution in [0.1, 0.15) is 17.5 Å². The van der Waals surface area contributed by atoms with Crippen molar-refractivity contribution in [3.05, 3.63) is 29.3 Å². The number of hydrogen-bond donors (Lipinski definition) is 1. The fourth-order valence-electron chi connectivity index (χ4n) is 1.52. The molecule has 0 heterocycles. The third-order valence-electron chi connectivity index (χ3n) is 2.18. The van der Waals surface area contributed by atoms with Crippen LogP contribution in [0, 0.1) is 13.8 Å². The van der Waals surface area contributed by atoms with Gasteiger partial charge in [0.05, 0.1) is 6.61 Å². The van der Waals surface area contributed by atoms with E-state index < -0.39 is 0 Å². The van der Waals surface area contributed by atoms with E-state index >= 15 is 0 Å². The molecule has 0 unspecified atom stereocenters. The summed E-state index contributed by atoms with van der Waals surface area (Å²) in [6.45, 7) is 6.74. The Morgan fingerprint density at radius 2 is 1.69 bits per heavy atom. The maximum atomic E-state index is 5.59. The van der Waals surface area contributed by atoms with Crippen molar-refractivity contribution in [2.45, 2.75) is 20.3 Å². The first-order chi connectivity index (χ1) is 7.72. The van der Waals surface area contributed by atoms with Crippen LogP contribution in [-0.4, -0.2) is 26.4 Å². The second kappa shape index (κ2) is 7.25. The molecule has 0 aliphatic carbocycles. The molecule has 0 bridgehead atoms. The highest BCUT2D eigenvalue weighted by Gasteiger charge is 1.96. The van der Waals surface area contributed by atoms with Crippen LogP contribution >= 0.6 is 0 Å². The number of ether oxygens (including phenoxy) is 2. The van der Waals surface area contributed by atoms with E-state index in [0.29, 0.717) is 26.4 Å². The van der Waals surface area contributed by atoms with E-state index in [9.17, 15) is 0 Å². The molecule has 2 N–H and O–H groups in total. The quantitative estimate of drug-likeness (QED) is 0.719. The number of aryl methyl sites for hydroxylation is 2. The van der Waals surface area contributed by atoms with Crippen LogP contribution in [0.25, 0.3) is 0 Å². The van der Waals surface area contributed by atoms with E-state index in [1.807, 2.05) is 12.1 Å². The maximum absolute atomic E-state index is 5.59. The third-order valence-corrected chi connectivity index (χ3v) is 2.18. The summed E-state index contributed by atoms with van der Waals surface area (Å²) >= 11 is 0. The molecule has 3 nitrogen and oxygen atoms in total. The van der Waals surface area contributed by atoms with Gasteiger partial charge in [-0.05, 0) is 50.1 Å². The zero-order valence-corrected chi connectivity index (χ0v) is 10.2. The van der Waals surface area contributed by atoms with Crippen molar-refractivity contribution < 1.29 is 9.47 Å². The minimum atomic E-state index is 0.591. The minimum absolute atomic E-state index is 0.591. The van der Waals surface area contributed by atoms with E-state index in [0.717, 1.165) is 12.2 Å². The van der Waals surface area contributed by atoms with Gasteiger partial charge in [-0.1, -0.05) is 6.07 Å². The molecular formula is C13H21NO2. The molecule has 0 aromatic heterocycles. The first-order valence-corrected chi connectivity index (χ1v) is 5.71. The van der Waals surface area contributed by atoms with Crippen molar-refractivity contribution in [1.29, 1.82) is 0 Å². The van der Waals surface area contributed by atoms with E-state index in [1.165, 1.54) is 11.1 Å². The third kappa shape index (κ3) is 5.14. The number of hydrogen-bond acceptors (Lipinski definition) is 3. The Morgan fingerprint density at radius 3 is 2.31 bits per heavy atom. The Morgan fingerprint density at radius 1 is 1.00 bits per heavy atom. The standard InChI is InChI=1S/C13H21NO2/c1-11-8-12(2)10-13(9-11)16-7-6-15-5-3-4-14/h8-10H,3-7,14H2,1-2H3. The molecule has 90 valence electrons. The molecule has 0 fully saturated rings. The minimum Gasteiger partial charge on any atom is -0.491 e. The van der Waals surface area contributed by atoms with E-state index in [4.69, 9.17) is 15.2 Å². The van der Waals surface area contributed by atoms with Gasteiger partial charge in [-0.15, -0.1) is 0 Å². The highest BCUT2D eigenvalue weighted by atomic mass is 16.5. The van der Waals surface area contributed by atoms with Gasteiger partial charge in [-0.25, -0.2) is 0 Å². The largest absolute Gasteiger partial charge is 0.491 e. The molecule has 0 saturated heterocycles. The molecule has 0 spiro atoms. The van der Waals surface area contributed by atoms with Gasteiger partial charge in [0.25, 0.3) is 0 Å². The lowest BCUT2D eigenvalue weighted by Gasteiger charge is -2.08. The smallest absolute Gasteiger partial charge is 0.119 e. The molecule has 0 aliphatic heterocycles. The number of benzene rings is 1. The summed E-state index contributed by atoms with van der Waals surface area (Å²) < 4.78 is 10.9. The summed E-state index contributed by atoms with van der Waals surface area (Å²) in [6.07, 6.45) is 0.906. The van der Waals surface area contributed by atoms with Crippen LogP contribution < -0.4 is 10.5 Å². The Bertz CT molecular complexity index is 293. The zero-order valence-electron chi connectivity index (χ0n) is 10.2. The molecule has 0 atom stereocenters. The van der Waals surface area contributed by atoms with Crippen LogP contribution in [0.15, 0.2) is 18.2 Å². The lowest BCUT2D eigenvalue weighted by atomic mass is 10.1. The summed E-state index contributed by atoms with van der Waals surface area (Å²) in [5.41, 5.74) is 7.80. The average Bonchev–Trinajstić information content (AvgIpc) is 2.22. The normalized spacial score (nSPS) is 10.4. The van der Waals surface area contributed by atoms with Gasteiger partial charge in [-0.2, -0.15) is 0 Å². The van der Waals surface area contributed by atoms with E-state index in [2.05, 4.69) is 19.9 Å². The Kier molecular flexibility index (Phi) is 5.90. The highest BCUT2D eigenvalue weighted by molar-refractivity contribution is 5.32. The topological polar surface area (TPSA) is 44.5 Å². The predicted octanol–water partition coefficient (Wildman–Crippen LogP) is 2.05. The molecule has 1 aromatic rings. The van der Waals surface area contributed by atoms with Gasteiger partial charge in [0.2, 0.25) is 0 Å². The molecular weight excluding hydrogens is 202 g/mol. The van der Waals surface area contributed by atoms with Crippen molar-refractivity contribution in [2.24, 2.45) is 5.73 Å². The predicted molar refractivity (Wildman–Crippen MR) is 65.9 cm³/mol. The Hall–Kier alpha value is -1.06. The lowest BCUT2D eigenvalue weighted by Crippen LogP contribution is -2.10. The second-order valence-corrected chi connectivity index (χ2v) is 3.93. The van der Waals surface area contributed by atoms with Crippen molar-refractivity contribution in [3.63, 3.8) is 0 Å². The molecule has 1 rings (SSSR count). The lowest BCUT2D eigenvalue weighted by molar-refractivity contribution is 0.0994. The molecule has 16 heavy (non-hydrogen) atoms. The Labute approximate surface area is 97.6 Å². The summed E-state index contributed by atoms with van der Waals surface area (Å²) in [5, 5.41) is 0. The maximum Gasteiger partial charge on any atom is 0.119 e. The van der Waals surface area contributed by atoms with E-state index in [1.54, 1.807) is 0 Å². The molecule has 0 amide bonds. The highest BCUT2D eigenvalue weighted by Crippen LogP contribution is 2.15. The van der Waals surface area contributed by atoms with Gasteiger partial charge in [0.1, 0.15) is 12.4 Å². The average molecular weight is 223 g/mol. The number of nitrogens with two attached hydrogens (primary N) is 1. The zero-order chi connectivity index (χ0) is 11.8. The fraction of sp³-hybridized carbons (Fsp3) is 0.538. The summed E-state index contributed by atoms with van der Waals surface area (Å²) in [5.74, 6) is 0.917. The molecule has 0 aliphatic rings. The van der Waals surface area contributed by atoms with E-state index in [-0.39, 0.29) is 0 Å². The van der Waals surface area contributed by atoms with Gasteiger partial charge in [-0.3, -0.25) is 0 Å². The summed E-state index contributed by atoms with van der Waals surface area (Å²) in [6, 6.07) is 6.20. The van der Waals surface area contributed by atoms with Crippen LogP contribution in [0.3, 0.4) is 0 Å². The molecule has 0 radical (unpaired) electrons. The summed E-state index contributed by atoms with van der Waals surface area (Å²) in [4.78, 5) is 0. The van der Waals surface area contributed by atoms with Crippen LogP contribution in [0.2, 0.25) is 0 Å². The van der Waals surface area contributed by atoms with Crippen molar-refractivity contribution in [1.82, 2.24) is 0 Å². The molecule has 1 aromatic carbocycles. The first kappa shape index (κ1) is 13.0. The molecule has 3 heteroatoms. The van der Waals surface area contributed by atoms with Crippen LogP contribution in [0.5, 0.6) is 5.75 Å². The van der Waals surface area contributed by atoms with Crippen LogP contribution in [-0.2, 0) is 4.74 Å². The second-order valence-electron chi connectivity index (χ2n) is 3.93. The van der Waals surface area contributed by atoms with Crippen LogP contribution in [0.4, 0.5) is 0 Å². The number of rotatable bonds is 7. The van der Waals surface area contributed by atoms with Gasteiger partial charge < -0.3 is 15.2 Å². The monoisotopic (exact) mass is 223 g/mol. The van der Waals surface area contributed by atoms with Crippen molar-refractivity contribution in [2.75, 3.05) is 26.4 Å². The van der Waals surface area contributed by atoms with Gasteiger partial charge in [0, 0.05) is 6.61 Å². The van der Waals surface area contributed by atoms with Gasteiger partial charge >= 0.3 is 0 Å². The van der Waals surface area contributed by atoms with Crippen molar-refractivity contribution >= 4 is 0 Å². The first-order valence-electron chi connectivity index (χ1n) is 5.71.